The van der Waals surface area contributed by atoms with Crippen molar-refractivity contribution in [3.8, 4) is 0 Å². The highest BCUT2D eigenvalue weighted by molar-refractivity contribution is 6.34. The number of hydrogen-bond donors (Lipinski definition) is 3. The monoisotopic (exact) mass is 326 g/mol. The number of amides is 2. The van der Waals surface area contributed by atoms with Crippen LogP contribution in [0.4, 0.5) is 5.69 Å². The Bertz CT molecular complexity index is 551. The van der Waals surface area contributed by atoms with Gasteiger partial charge >= 0.3 is 0 Å². The Morgan fingerprint density at radius 3 is 2.50 bits per heavy atom. The quantitative estimate of drug-likeness (QED) is 0.778. The summed E-state index contributed by atoms with van der Waals surface area (Å²) < 4.78 is 0. The molecule has 1 aromatic rings. The number of aliphatic hydroxyl groups excluding tert-OH is 1. The van der Waals surface area contributed by atoms with Crippen LogP contribution >= 0.6 is 11.6 Å². The van der Waals surface area contributed by atoms with E-state index in [0.29, 0.717) is 12.1 Å². The minimum atomic E-state index is -0.641. The maximum Gasteiger partial charge on any atom is 0.252 e. The van der Waals surface area contributed by atoms with Gasteiger partial charge in [0.15, 0.2) is 0 Å². The first kappa shape index (κ1) is 18.5. The van der Waals surface area contributed by atoms with Gasteiger partial charge in [-0.1, -0.05) is 32.4 Å². The molecule has 5 nitrogen and oxygen atoms in total. The van der Waals surface area contributed by atoms with Crippen molar-refractivity contribution in [2.24, 2.45) is 5.41 Å². The maximum atomic E-state index is 12.0. The van der Waals surface area contributed by atoms with Crippen LogP contribution in [0.5, 0.6) is 0 Å². The Kier molecular flexibility index (Phi) is 6.38. The molecule has 0 saturated carbocycles. The number of benzene rings is 1. The minimum Gasteiger partial charge on any atom is -0.392 e. The van der Waals surface area contributed by atoms with Gasteiger partial charge in [-0.15, -0.1) is 0 Å². The van der Waals surface area contributed by atoms with Crippen LogP contribution in [0, 0.1) is 5.41 Å². The first-order valence-electron chi connectivity index (χ1n) is 7.14. The highest BCUT2D eigenvalue weighted by Gasteiger charge is 2.17. The van der Waals surface area contributed by atoms with Gasteiger partial charge in [0.1, 0.15) is 0 Å². The zero-order valence-corrected chi connectivity index (χ0v) is 14.1. The number of carbonyl (C=O) groups is 2. The lowest BCUT2D eigenvalue weighted by Crippen LogP contribution is -2.30. The van der Waals surface area contributed by atoms with Gasteiger partial charge < -0.3 is 15.7 Å². The molecule has 3 N–H and O–H groups in total. The molecule has 0 spiro atoms. The van der Waals surface area contributed by atoms with Crippen molar-refractivity contribution >= 4 is 29.1 Å². The maximum absolute atomic E-state index is 12.0. The third kappa shape index (κ3) is 6.45. The van der Waals surface area contributed by atoms with Crippen molar-refractivity contribution in [1.82, 2.24) is 5.32 Å². The molecule has 0 aliphatic rings. The van der Waals surface area contributed by atoms with Crippen molar-refractivity contribution in [1.29, 1.82) is 0 Å². The van der Waals surface area contributed by atoms with Crippen LogP contribution in [0.1, 0.15) is 44.5 Å². The second-order valence-electron chi connectivity index (χ2n) is 6.54. The smallest absolute Gasteiger partial charge is 0.252 e. The lowest BCUT2D eigenvalue weighted by Gasteiger charge is -2.17. The summed E-state index contributed by atoms with van der Waals surface area (Å²) in [5, 5.41) is 14.8. The molecule has 0 bridgehead atoms. The number of rotatable bonds is 5. The van der Waals surface area contributed by atoms with Gasteiger partial charge in [-0.3, -0.25) is 9.59 Å². The van der Waals surface area contributed by atoms with Crippen LogP contribution in [-0.4, -0.2) is 29.6 Å². The molecule has 0 heterocycles. The molecule has 0 radical (unpaired) electrons. The Balaban J connectivity index is 2.81. The van der Waals surface area contributed by atoms with Crippen molar-refractivity contribution < 1.29 is 14.7 Å². The van der Waals surface area contributed by atoms with Crippen LogP contribution in [0.25, 0.3) is 0 Å². The average Bonchev–Trinajstić information content (AvgIpc) is 2.36. The summed E-state index contributed by atoms with van der Waals surface area (Å²) in [5.41, 5.74) is 0.658. The molecule has 0 fully saturated rings. The molecule has 1 aromatic carbocycles. The van der Waals surface area contributed by atoms with Crippen LogP contribution in [0.3, 0.4) is 0 Å². The van der Waals surface area contributed by atoms with Gasteiger partial charge in [0.2, 0.25) is 5.91 Å². The lowest BCUT2D eigenvalue weighted by molar-refractivity contribution is -0.117. The van der Waals surface area contributed by atoms with E-state index in [1.54, 1.807) is 19.1 Å². The Morgan fingerprint density at radius 2 is 1.95 bits per heavy atom. The Hall–Kier alpha value is -1.59. The lowest BCUT2D eigenvalue weighted by atomic mass is 9.92. The average molecular weight is 327 g/mol. The van der Waals surface area contributed by atoms with Crippen LogP contribution in [0.2, 0.25) is 5.02 Å². The molecule has 122 valence electrons. The Labute approximate surface area is 136 Å². The van der Waals surface area contributed by atoms with E-state index in [-0.39, 0.29) is 28.5 Å². The zero-order valence-electron chi connectivity index (χ0n) is 13.4. The normalized spacial score (nSPS) is 12.6. The summed E-state index contributed by atoms with van der Waals surface area (Å²) in [6.45, 7) is 7.64. The summed E-state index contributed by atoms with van der Waals surface area (Å²) in [5.74, 6) is -0.511. The number of carbonyl (C=O) groups excluding carboxylic acids is 2. The van der Waals surface area contributed by atoms with Crippen LogP contribution in [-0.2, 0) is 4.79 Å². The number of aliphatic hydroxyl groups is 1. The van der Waals surface area contributed by atoms with Gasteiger partial charge in [0.25, 0.3) is 5.91 Å². The first-order chi connectivity index (χ1) is 10.1. The van der Waals surface area contributed by atoms with Crippen molar-refractivity contribution in [3.63, 3.8) is 0 Å². The number of nitrogens with one attached hydrogen (secondary N) is 2. The van der Waals surface area contributed by atoms with E-state index in [1.165, 1.54) is 6.07 Å². The molecule has 1 rings (SSSR count). The second kappa shape index (κ2) is 7.61. The molecule has 2 amide bonds. The Morgan fingerprint density at radius 1 is 1.32 bits per heavy atom. The van der Waals surface area contributed by atoms with Crippen molar-refractivity contribution in [2.75, 3.05) is 11.9 Å². The number of hydrogen-bond acceptors (Lipinski definition) is 3. The van der Waals surface area contributed by atoms with E-state index in [0.717, 1.165) is 0 Å². The van der Waals surface area contributed by atoms with Gasteiger partial charge in [0, 0.05) is 18.7 Å². The summed E-state index contributed by atoms with van der Waals surface area (Å²) in [6, 6.07) is 4.74. The van der Waals surface area contributed by atoms with E-state index >= 15 is 0 Å². The van der Waals surface area contributed by atoms with Gasteiger partial charge in [-0.25, -0.2) is 0 Å². The first-order valence-corrected chi connectivity index (χ1v) is 7.52. The molecule has 1 atom stereocenters. The third-order valence-electron chi connectivity index (χ3n) is 2.74. The van der Waals surface area contributed by atoms with Gasteiger partial charge in [0.05, 0.1) is 16.7 Å². The van der Waals surface area contributed by atoms with Crippen molar-refractivity contribution in [3.05, 3.63) is 28.8 Å². The van der Waals surface area contributed by atoms with E-state index in [4.69, 9.17) is 11.6 Å². The second-order valence-corrected chi connectivity index (χ2v) is 6.95. The van der Waals surface area contributed by atoms with Gasteiger partial charge in [-0.2, -0.15) is 0 Å². The molecular formula is C16H23ClN2O3. The van der Waals surface area contributed by atoms with E-state index in [2.05, 4.69) is 10.6 Å². The molecule has 0 aliphatic heterocycles. The van der Waals surface area contributed by atoms with E-state index < -0.39 is 12.0 Å². The predicted molar refractivity (Wildman–Crippen MR) is 88.2 cm³/mol. The topological polar surface area (TPSA) is 78.4 Å². The fraction of sp³-hybridized carbons (Fsp3) is 0.500. The summed E-state index contributed by atoms with van der Waals surface area (Å²) in [4.78, 5) is 23.9. The van der Waals surface area contributed by atoms with Crippen LogP contribution < -0.4 is 10.6 Å². The summed E-state index contributed by atoms with van der Waals surface area (Å²) in [6.07, 6.45) is -0.267. The van der Waals surface area contributed by atoms with E-state index in [9.17, 15) is 14.7 Å². The molecule has 0 aliphatic carbocycles. The molecule has 0 aromatic heterocycles. The predicted octanol–water partition coefficient (Wildman–Crippen LogP) is 2.83. The number of anilines is 1. The fourth-order valence-corrected chi connectivity index (χ4v) is 2.00. The SMILES string of the molecule is CC(O)CNC(=O)c1cc(NC(=O)CC(C)(C)C)ccc1Cl. The largest absolute Gasteiger partial charge is 0.392 e. The molecule has 0 saturated heterocycles. The standard InChI is InChI=1S/C16H23ClN2O3/c1-10(20)9-18-15(22)12-7-11(5-6-13(12)17)19-14(21)8-16(2,3)4/h5-7,10,20H,8-9H2,1-4H3,(H,18,22)(H,19,21). The van der Waals surface area contributed by atoms with Crippen LogP contribution in [0.15, 0.2) is 18.2 Å². The highest BCUT2D eigenvalue weighted by Crippen LogP contribution is 2.23. The fourth-order valence-electron chi connectivity index (χ4n) is 1.80. The molecular weight excluding hydrogens is 304 g/mol. The van der Waals surface area contributed by atoms with Crippen molar-refractivity contribution in [2.45, 2.75) is 40.2 Å². The van der Waals surface area contributed by atoms with E-state index in [1.807, 2.05) is 20.8 Å². The number of halogens is 1. The minimum absolute atomic E-state index is 0.117. The molecule has 6 heteroatoms. The summed E-state index contributed by atoms with van der Waals surface area (Å²) in [7, 11) is 0. The highest BCUT2D eigenvalue weighted by atomic mass is 35.5. The molecule has 1 unspecified atom stereocenters. The van der Waals surface area contributed by atoms with Gasteiger partial charge in [-0.05, 0) is 30.5 Å². The third-order valence-corrected chi connectivity index (χ3v) is 3.07. The molecule has 22 heavy (non-hydrogen) atoms. The summed E-state index contributed by atoms with van der Waals surface area (Å²) >= 11 is 6.01. The zero-order chi connectivity index (χ0) is 16.9.